The average Bonchev–Trinajstić information content (AvgIpc) is 2.34. The first-order chi connectivity index (χ1) is 9.90. The molecule has 0 fully saturated rings. The first-order valence-corrected chi connectivity index (χ1v) is 8.20. The molecule has 1 aromatic rings. The third-order valence-corrected chi connectivity index (χ3v) is 4.53. The quantitative estimate of drug-likeness (QED) is 0.809. The average molecular weight is 334 g/mol. The van der Waals surface area contributed by atoms with Gasteiger partial charge in [0.15, 0.2) is 6.61 Å². The van der Waals surface area contributed by atoms with Crippen molar-refractivity contribution in [2.75, 3.05) is 6.61 Å². The van der Waals surface area contributed by atoms with Gasteiger partial charge in [-0.1, -0.05) is 0 Å². The molecular formula is C15H24F2N2O2S. The normalized spacial score (nSPS) is 15.5. The minimum absolute atomic E-state index is 0.173. The molecule has 1 heterocycles. The van der Waals surface area contributed by atoms with Gasteiger partial charge >= 0.3 is 0 Å². The van der Waals surface area contributed by atoms with Crippen molar-refractivity contribution in [2.24, 2.45) is 0 Å². The minimum Gasteiger partial charge on any atom is -0.598 e. The lowest BCUT2D eigenvalue weighted by molar-refractivity contribution is -0.0244. The predicted octanol–water partition coefficient (Wildman–Crippen LogP) is 3.54. The van der Waals surface area contributed by atoms with E-state index >= 15 is 0 Å². The van der Waals surface area contributed by atoms with Crippen molar-refractivity contribution < 1.29 is 18.1 Å². The Balaban J connectivity index is 2.76. The van der Waals surface area contributed by atoms with Crippen LogP contribution in [0.1, 0.15) is 51.8 Å². The van der Waals surface area contributed by atoms with Crippen LogP contribution in [0.15, 0.2) is 12.3 Å². The van der Waals surface area contributed by atoms with Gasteiger partial charge in [-0.15, -0.1) is 4.72 Å². The van der Waals surface area contributed by atoms with E-state index in [1.165, 1.54) is 0 Å². The maximum Gasteiger partial charge on any atom is 0.278 e. The molecule has 0 aliphatic carbocycles. The zero-order chi connectivity index (χ0) is 17.1. The lowest BCUT2D eigenvalue weighted by atomic mass is 10.1. The Labute approximate surface area is 134 Å². The van der Waals surface area contributed by atoms with E-state index in [0.717, 1.165) is 12.5 Å². The van der Waals surface area contributed by atoms with Crippen molar-refractivity contribution in [1.29, 1.82) is 0 Å². The van der Waals surface area contributed by atoms with Crippen molar-refractivity contribution in [3.8, 4) is 5.88 Å². The van der Waals surface area contributed by atoms with Gasteiger partial charge in [-0.05, 0) is 46.2 Å². The fourth-order valence-corrected chi connectivity index (χ4v) is 2.38. The summed E-state index contributed by atoms with van der Waals surface area (Å²) < 4.78 is 45.4. The van der Waals surface area contributed by atoms with E-state index in [0.29, 0.717) is 5.56 Å². The molecule has 0 saturated heterocycles. The topological polar surface area (TPSA) is 57.2 Å². The number of nitrogens with zero attached hydrogens (tertiary/aromatic N) is 1. The van der Waals surface area contributed by atoms with Crippen LogP contribution in [0.2, 0.25) is 0 Å². The maximum absolute atomic E-state index is 12.8. The number of nitrogens with one attached hydrogen (secondary N) is 1. The number of ether oxygens (including phenoxy) is 1. The number of pyridine rings is 1. The molecular weight excluding hydrogens is 310 g/mol. The molecule has 2 atom stereocenters. The Morgan fingerprint density at radius 1 is 1.36 bits per heavy atom. The zero-order valence-corrected chi connectivity index (χ0v) is 14.7. The van der Waals surface area contributed by atoms with Gasteiger partial charge in [0.2, 0.25) is 5.88 Å². The molecule has 0 saturated carbocycles. The Bertz CT molecular complexity index is 501. The number of aromatic nitrogens is 1. The Morgan fingerprint density at radius 2 is 1.95 bits per heavy atom. The maximum atomic E-state index is 12.8. The van der Waals surface area contributed by atoms with Crippen LogP contribution in [0.25, 0.3) is 0 Å². The molecule has 1 rings (SSSR count). The second-order valence-electron chi connectivity index (χ2n) is 6.47. The highest BCUT2D eigenvalue weighted by atomic mass is 32.2. The number of halogens is 2. The third-order valence-electron chi connectivity index (χ3n) is 2.85. The van der Waals surface area contributed by atoms with Crippen LogP contribution < -0.4 is 9.46 Å². The summed E-state index contributed by atoms with van der Waals surface area (Å²) in [6, 6.07) is 1.63. The van der Waals surface area contributed by atoms with E-state index in [-0.39, 0.29) is 16.7 Å². The molecule has 7 heteroatoms. The van der Waals surface area contributed by atoms with Crippen molar-refractivity contribution >= 4 is 11.4 Å². The van der Waals surface area contributed by atoms with Crippen LogP contribution in [0, 0.1) is 6.92 Å². The van der Waals surface area contributed by atoms with E-state index < -0.39 is 23.9 Å². The second-order valence-corrected chi connectivity index (χ2v) is 8.47. The Kier molecular flexibility index (Phi) is 6.18. The standard InChI is InChI=1S/C15H24F2N2O2S/c1-10-7-12(11(2)19-22(20)14(3,4)5)8-18-13(10)21-9-15(6,16)17/h7-8,11,19H,9H2,1-6H3/t11-,22?/m1/s1. The van der Waals surface area contributed by atoms with Crippen molar-refractivity contribution in [2.45, 2.75) is 58.3 Å². The largest absolute Gasteiger partial charge is 0.598 e. The minimum atomic E-state index is -2.90. The molecule has 0 amide bonds. The van der Waals surface area contributed by atoms with Gasteiger partial charge in [0.1, 0.15) is 4.75 Å². The number of hydrogen-bond donors (Lipinski definition) is 1. The van der Waals surface area contributed by atoms with Crippen LogP contribution in [0.5, 0.6) is 5.88 Å². The third kappa shape index (κ3) is 6.06. The van der Waals surface area contributed by atoms with Crippen LogP contribution in [0.4, 0.5) is 8.78 Å². The molecule has 0 aromatic carbocycles. The van der Waals surface area contributed by atoms with Crippen LogP contribution in [-0.4, -0.2) is 26.8 Å². The number of rotatable bonds is 6. The van der Waals surface area contributed by atoms with E-state index in [4.69, 9.17) is 4.74 Å². The smallest absolute Gasteiger partial charge is 0.278 e. The highest BCUT2D eigenvalue weighted by Crippen LogP contribution is 2.24. The highest BCUT2D eigenvalue weighted by molar-refractivity contribution is 7.90. The molecule has 0 aliphatic rings. The lowest BCUT2D eigenvalue weighted by Gasteiger charge is -2.26. The number of alkyl halides is 2. The van der Waals surface area contributed by atoms with Crippen LogP contribution >= 0.6 is 0 Å². The molecule has 1 aromatic heterocycles. The molecule has 1 N–H and O–H groups in total. The fourth-order valence-electron chi connectivity index (χ4n) is 1.57. The number of hydrogen-bond acceptors (Lipinski definition) is 4. The van der Waals surface area contributed by atoms with E-state index in [1.54, 1.807) is 19.2 Å². The van der Waals surface area contributed by atoms with Gasteiger partial charge in [-0.25, -0.2) is 13.8 Å². The Morgan fingerprint density at radius 3 is 2.41 bits per heavy atom. The molecule has 1 unspecified atom stereocenters. The van der Waals surface area contributed by atoms with E-state index in [2.05, 4.69) is 9.71 Å². The van der Waals surface area contributed by atoms with Crippen LogP contribution in [0.3, 0.4) is 0 Å². The molecule has 22 heavy (non-hydrogen) atoms. The molecule has 4 nitrogen and oxygen atoms in total. The molecule has 0 bridgehead atoms. The number of aryl methyl sites for hydroxylation is 1. The van der Waals surface area contributed by atoms with Gasteiger partial charge in [0.05, 0.1) is 6.04 Å². The fraction of sp³-hybridized carbons (Fsp3) is 0.667. The van der Waals surface area contributed by atoms with Gasteiger partial charge < -0.3 is 9.29 Å². The van der Waals surface area contributed by atoms with Crippen molar-refractivity contribution in [3.05, 3.63) is 23.4 Å². The van der Waals surface area contributed by atoms with Gasteiger partial charge in [0, 0.05) is 30.0 Å². The summed E-state index contributed by atoms with van der Waals surface area (Å²) in [5.41, 5.74) is 1.49. The van der Waals surface area contributed by atoms with E-state index in [9.17, 15) is 13.3 Å². The lowest BCUT2D eigenvalue weighted by Crippen LogP contribution is -2.40. The van der Waals surface area contributed by atoms with Crippen molar-refractivity contribution in [3.63, 3.8) is 0 Å². The Hall–Kier alpha value is -0.920. The highest BCUT2D eigenvalue weighted by Gasteiger charge is 2.28. The summed E-state index contributed by atoms with van der Waals surface area (Å²) in [5.74, 6) is -2.71. The first-order valence-electron chi connectivity index (χ1n) is 7.05. The summed E-state index contributed by atoms with van der Waals surface area (Å²) in [4.78, 5) is 4.08. The summed E-state index contributed by atoms with van der Waals surface area (Å²) in [6.45, 7) is 9.36. The second kappa shape index (κ2) is 7.10. The van der Waals surface area contributed by atoms with Gasteiger partial charge in [0.25, 0.3) is 5.92 Å². The van der Waals surface area contributed by atoms with E-state index in [1.807, 2.05) is 27.7 Å². The van der Waals surface area contributed by atoms with Gasteiger partial charge in [-0.2, -0.15) is 0 Å². The van der Waals surface area contributed by atoms with Gasteiger partial charge in [-0.3, -0.25) is 0 Å². The summed E-state index contributed by atoms with van der Waals surface area (Å²) in [7, 11) is 0. The predicted molar refractivity (Wildman–Crippen MR) is 84.5 cm³/mol. The summed E-state index contributed by atoms with van der Waals surface area (Å²) in [6.07, 6.45) is 1.55. The molecule has 0 spiro atoms. The molecule has 0 radical (unpaired) electrons. The van der Waals surface area contributed by atoms with Crippen LogP contribution in [-0.2, 0) is 11.4 Å². The summed E-state index contributed by atoms with van der Waals surface area (Å²) >= 11 is -1.20. The summed E-state index contributed by atoms with van der Waals surface area (Å²) in [5, 5.41) is 0. The molecule has 126 valence electrons. The van der Waals surface area contributed by atoms with Crippen molar-refractivity contribution in [1.82, 2.24) is 9.71 Å². The zero-order valence-electron chi connectivity index (χ0n) is 13.9. The SMILES string of the molecule is Cc1cc([C@@H](C)N[S+]([O-])C(C)(C)C)cnc1OCC(C)(F)F. The monoisotopic (exact) mass is 334 g/mol. The first kappa shape index (κ1) is 19.1. The molecule has 0 aliphatic heterocycles.